The third-order valence-electron chi connectivity index (χ3n) is 5.12. The van der Waals surface area contributed by atoms with Gasteiger partial charge in [0.05, 0.1) is 18.5 Å². The van der Waals surface area contributed by atoms with Crippen molar-refractivity contribution in [1.82, 2.24) is 20.2 Å². The number of benzene rings is 2. The molecule has 38 heavy (non-hydrogen) atoms. The number of nitrogens with two attached hydrogens (primary N) is 1. The molecule has 2 heterocycles. The van der Waals surface area contributed by atoms with Gasteiger partial charge >= 0.3 is 5.76 Å². The lowest BCUT2D eigenvalue weighted by molar-refractivity contribution is 0.100. The normalized spacial score (nSPS) is 11.4. The molecule has 5 N–H and O–H groups in total. The molecule has 0 spiro atoms. The first-order valence-corrected chi connectivity index (χ1v) is 12.4. The van der Waals surface area contributed by atoms with Crippen molar-refractivity contribution in [2.24, 2.45) is 5.73 Å². The Labute approximate surface area is 214 Å². The first-order chi connectivity index (χ1) is 18.1. The molecule has 0 radical (unpaired) electrons. The number of halogens is 3. The van der Waals surface area contributed by atoms with Crippen molar-refractivity contribution in [2.75, 3.05) is 16.6 Å². The summed E-state index contributed by atoms with van der Waals surface area (Å²) < 4.78 is 70.0. The minimum absolute atomic E-state index is 0.0154. The maximum atomic E-state index is 13.2. The van der Waals surface area contributed by atoms with E-state index in [4.69, 9.17) is 10.5 Å². The summed E-state index contributed by atoms with van der Waals surface area (Å²) in [5, 5.41) is 9.66. The topological polar surface area (TPSA) is 165 Å². The summed E-state index contributed by atoms with van der Waals surface area (Å²) >= 11 is 0. The monoisotopic (exact) mass is 547 g/mol. The molecule has 15 heteroatoms. The summed E-state index contributed by atoms with van der Waals surface area (Å²) in [7, 11) is -4.96. The molecular weight excluding hydrogens is 527 g/mol. The number of aromatic nitrogens is 4. The van der Waals surface area contributed by atoms with Crippen LogP contribution in [0.2, 0.25) is 0 Å². The molecule has 0 aliphatic heterocycles. The van der Waals surface area contributed by atoms with Gasteiger partial charge in [-0.2, -0.15) is 13.9 Å². The van der Waals surface area contributed by atoms with Crippen molar-refractivity contribution in [2.45, 2.75) is 12.2 Å². The van der Waals surface area contributed by atoms with Crippen LogP contribution in [0.1, 0.15) is 15.9 Å². The van der Waals surface area contributed by atoms with E-state index in [0.717, 1.165) is 5.56 Å². The number of alkyl halides is 2. The highest BCUT2D eigenvalue weighted by Crippen LogP contribution is 2.36. The van der Waals surface area contributed by atoms with Crippen molar-refractivity contribution in [1.29, 1.82) is 0 Å². The van der Waals surface area contributed by atoms with Crippen LogP contribution >= 0.6 is 0 Å². The van der Waals surface area contributed by atoms with Gasteiger partial charge in [0, 0.05) is 30.4 Å². The average Bonchev–Trinajstić information content (AvgIpc) is 3.29. The van der Waals surface area contributed by atoms with Gasteiger partial charge in [-0.15, -0.1) is 0 Å². The summed E-state index contributed by atoms with van der Waals surface area (Å²) in [5.74, 6) is -4.51. The number of amides is 1. The standard InChI is InChI=1S/C23H20F3N7O4S/c24-14-3-1-13(2-4-14)7-10-37-17-11-15(33-38(35,36)23(25)26)5-6-16(17)20-19(21(27)34)22(32-31-20)30-18-12-28-8-9-29-18/h1-6,8-9,11-12,23,33H,7,10H2,(H2,27,34)(H2,29,30,31,32). The van der Waals surface area contributed by atoms with Crippen LogP contribution in [0.25, 0.3) is 11.3 Å². The SMILES string of the molecule is NC(=O)c1c(-c2ccc(NS(=O)(=O)C(F)F)cc2OCCc2ccc(F)cc2)n[nH]c1Nc1cnccn1. The Bertz CT molecular complexity index is 1530. The summed E-state index contributed by atoms with van der Waals surface area (Å²) in [4.78, 5) is 20.4. The molecule has 0 saturated heterocycles. The summed E-state index contributed by atoms with van der Waals surface area (Å²) in [5.41, 5.74) is 6.34. The Morgan fingerprint density at radius 3 is 2.55 bits per heavy atom. The number of carbonyl (C=O) groups excluding carboxylic acids is 1. The molecule has 0 saturated carbocycles. The number of ether oxygens (including phenoxy) is 1. The van der Waals surface area contributed by atoms with Gasteiger partial charge in [0.2, 0.25) is 0 Å². The third kappa shape index (κ3) is 6.18. The van der Waals surface area contributed by atoms with Crippen molar-refractivity contribution in [3.05, 3.63) is 78.0 Å². The van der Waals surface area contributed by atoms with E-state index in [0.29, 0.717) is 6.42 Å². The number of sulfonamides is 1. The minimum Gasteiger partial charge on any atom is -0.492 e. The first kappa shape index (κ1) is 26.4. The molecule has 198 valence electrons. The Kier molecular flexibility index (Phi) is 7.76. The fourth-order valence-corrected chi connectivity index (χ4v) is 3.94. The third-order valence-corrected chi connectivity index (χ3v) is 6.11. The lowest BCUT2D eigenvalue weighted by Crippen LogP contribution is -2.20. The predicted octanol–water partition coefficient (Wildman–Crippen LogP) is 3.43. The van der Waals surface area contributed by atoms with E-state index in [1.807, 2.05) is 0 Å². The van der Waals surface area contributed by atoms with Crippen LogP contribution in [0.15, 0.2) is 61.1 Å². The van der Waals surface area contributed by atoms with Crippen molar-refractivity contribution in [3.8, 4) is 17.0 Å². The van der Waals surface area contributed by atoms with E-state index in [1.54, 1.807) is 16.9 Å². The molecule has 0 aliphatic rings. The zero-order valence-corrected chi connectivity index (χ0v) is 20.2. The average molecular weight is 548 g/mol. The quantitative estimate of drug-likeness (QED) is 0.222. The predicted molar refractivity (Wildman–Crippen MR) is 132 cm³/mol. The Morgan fingerprint density at radius 1 is 1.13 bits per heavy atom. The summed E-state index contributed by atoms with van der Waals surface area (Å²) in [6.07, 6.45) is 4.61. The summed E-state index contributed by atoms with van der Waals surface area (Å²) in [6.45, 7) is 0.0325. The van der Waals surface area contributed by atoms with E-state index in [9.17, 15) is 26.4 Å². The molecule has 1 amide bonds. The minimum atomic E-state index is -4.96. The van der Waals surface area contributed by atoms with Crippen LogP contribution in [0.4, 0.5) is 30.5 Å². The van der Waals surface area contributed by atoms with Gasteiger partial charge in [0.1, 0.15) is 34.5 Å². The van der Waals surface area contributed by atoms with Gasteiger partial charge in [-0.1, -0.05) is 12.1 Å². The van der Waals surface area contributed by atoms with Crippen LogP contribution in [-0.4, -0.2) is 46.9 Å². The van der Waals surface area contributed by atoms with E-state index in [-0.39, 0.29) is 46.5 Å². The number of nitrogens with one attached hydrogen (secondary N) is 3. The number of anilines is 3. The van der Waals surface area contributed by atoms with Gasteiger partial charge < -0.3 is 15.8 Å². The smallest absolute Gasteiger partial charge is 0.355 e. The number of nitrogens with zero attached hydrogens (tertiary/aromatic N) is 3. The van der Waals surface area contributed by atoms with Gasteiger partial charge in [0.25, 0.3) is 15.9 Å². The van der Waals surface area contributed by atoms with Crippen molar-refractivity contribution < 1.29 is 31.1 Å². The molecular formula is C23H20F3N7O4S. The molecule has 4 aromatic rings. The number of H-pyrrole nitrogens is 1. The fourth-order valence-electron chi connectivity index (χ4n) is 3.40. The van der Waals surface area contributed by atoms with E-state index in [2.05, 4.69) is 25.5 Å². The van der Waals surface area contributed by atoms with E-state index < -0.39 is 27.5 Å². The number of rotatable bonds is 11. The zero-order chi connectivity index (χ0) is 27.3. The van der Waals surface area contributed by atoms with Crippen molar-refractivity contribution in [3.63, 3.8) is 0 Å². The molecule has 0 bridgehead atoms. The van der Waals surface area contributed by atoms with Gasteiger partial charge in [0.15, 0.2) is 0 Å². The Hall–Kier alpha value is -4.66. The number of hydrogen-bond donors (Lipinski definition) is 4. The number of aromatic amines is 1. The largest absolute Gasteiger partial charge is 0.492 e. The number of carbonyl (C=O) groups is 1. The van der Waals surface area contributed by atoms with E-state index in [1.165, 1.54) is 48.9 Å². The highest BCUT2D eigenvalue weighted by Gasteiger charge is 2.26. The molecule has 11 nitrogen and oxygen atoms in total. The number of hydrogen-bond acceptors (Lipinski definition) is 8. The Balaban J connectivity index is 1.70. The lowest BCUT2D eigenvalue weighted by Gasteiger charge is -2.14. The highest BCUT2D eigenvalue weighted by molar-refractivity contribution is 7.93. The maximum Gasteiger partial charge on any atom is 0.355 e. The zero-order valence-electron chi connectivity index (χ0n) is 19.4. The van der Waals surface area contributed by atoms with Gasteiger partial charge in [-0.3, -0.25) is 19.6 Å². The second kappa shape index (κ2) is 11.2. The van der Waals surface area contributed by atoms with Crippen LogP contribution < -0.4 is 20.5 Å². The van der Waals surface area contributed by atoms with Crippen LogP contribution in [-0.2, 0) is 16.4 Å². The van der Waals surface area contributed by atoms with Crippen molar-refractivity contribution >= 4 is 33.3 Å². The Morgan fingerprint density at radius 2 is 1.89 bits per heavy atom. The van der Waals surface area contributed by atoms with Crippen LogP contribution in [0, 0.1) is 5.82 Å². The number of primary amides is 1. The van der Waals surface area contributed by atoms with Crippen LogP contribution in [0.5, 0.6) is 5.75 Å². The molecule has 0 atom stereocenters. The molecule has 2 aromatic heterocycles. The lowest BCUT2D eigenvalue weighted by atomic mass is 10.0. The fraction of sp³-hybridized carbons (Fsp3) is 0.130. The maximum absolute atomic E-state index is 13.2. The van der Waals surface area contributed by atoms with Gasteiger partial charge in [-0.25, -0.2) is 17.8 Å². The molecule has 0 aliphatic carbocycles. The molecule has 0 unspecified atom stereocenters. The van der Waals surface area contributed by atoms with Gasteiger partial charge in [-0.05, 0) is 29.8 Å². The second-order valence-electron chi connectivity index (χ2n) is 7.75. The first-order valence-electron chi connectivity index (χ1n) is 10.9. The molecule has 0 fully saturated rings. The second-order valence-corrected chi connectivity index (χ2v) is 9.40. The molecule has 4 rings (SSSR count). The van der Waals surface area contributed by atoms with Crippen LogP contribution in [0.3, 0.4) is 0 Å². The summed E-state index contributed by atoms with van der Waals surface area (Å²) in [6, 6.07) is 9.42. The highest BCUT2D eigenvalue weighted by atomic mass is 32.2. The van der Waals surface area contributed by atoms with E-state index >= 15 is 0 Å². The molecule has 2 aromatic carbocycles.